The fourth-order valence-electron chi connectivity index (χ4n) is 2.86. The molecule has 3 heterocycles. The fraction of sp³-hybridized carbons (Fsp3) is 0.333. The number of pyridine rings is 1. The third-order valence-corrected chi connectivity index (χ3v) is 5.12. The first-order valence-electron chi connectivity index (χ1n) is 13.3. The van der Waals surface area contributed by atoms with Gasteiger partial charge in [0.1, 0.15) is 11.9 Å². The molecule has 6 nitrogen and oxygen atoms in total. The molecular formula is C21H22Cl2FN5O. The second-order valence-corrected chi connectivity index (χ2v) is 7.16. The number of hydrogen-bond acceptors (Lipinski definition) is 5. The minimum Gasteiger partial charge on any atom is -0.482 e. The lowest BCUT2D eigenvalue weighted by Crippen LogP contribution is -2.29. The average molecular weight is 459 g/mol. The van der Waals surface area contributed by atoms with Crippen molar-refractivity contribution in [2.45, 2.75) is 31.8 Å². The second kappa shape index (κ2) is 8.79. The lowest BCUT2D eigenvalue weighted by atomic mass is 10.1. The highest BCUT2D eigenvalue weighted by Crippen LogP contribution is 2.37. The molecule has 3 atom stereocenters. The van der Waals surface area contributed by atoms with Gasteiger partial charge in [0.2, 0.25) is 0 Å². The smallest absolute Gasteiger partial charge is 0.166 e. The zero-order valence-corrected chi connectivity index (χ0v) is 16.8. The van der Waals surface area contributed by atoms with Crippen molar-refractivity contribution in [3.8, 4) is 16.9 Å². The van der Waals surface area contributed by atoms with Crippen molar-refractivity contribution < 1.29 is 21.5 Å². The molecule has 0 radical (unpaired) electrons. The number of halogens is 3. The molecule has 30 heavy (non-hydrogen) atoms. The Labute approximate surface area is 196 Å². The van der Waals surface area contributed by atoms with Crippen molar-refractivity contribution in [2.75, 3.05) is 18.7 Å². The van der Waals surface area contributed by atoms with Crippen molar-refractivity contribution in [3.63, 3.8) is 0 Å². The predicted molar refractivity (Wildman–Crippen MR) is 116 cm³/mol. The monoisotopic (exact) mass is 458 g/mol. The molecule has 4 rings (SSSR count). The van der Waals surface area contributed by atoms with Gasteiger partial charge in [-0.2, -0.15) is 5.10 Å². The highest BCUT2D eigenvalue weighted by Gasteiger charge is 2.21. The Bertz CT molecular complexity index is 1400. The van der Waals surface area contributed by atoms with E-state index in [1.54, 1.807) is 0 Å². The Kier molecular flexibility index (Phi) is 3.66. The van der Waals surface area contributed by atoms with Crippen LogP contribution in [0.3, 0.4) is 0 Å². The Hall–Kier alpha value is -2.35. The first kappa shape index (κ1) is 12.5. The number of piperidine rings is 1. The van der Waals surface area contributed by atoms with Gasteiger partial charge in [0.05, 0.1) is 18.6 Å². The number of benzene rings is 1. The van der Waals surface area contributed by atoms with Crippen LogP contribution < -0.4 is 15.8 Å². The van der Waals surface area contributed by atoms with Gasteiger partial charge in [0, 0.05) is 45.0 Å². The lowest BCUT2D eigenvalue weighted by molar-refractivity contribution is 0.227. The molecule has 3 aromatic rings. The van der Waals surface area contributed by atoms with Crippen LogP contribution >= 0.6 is 23.2 Å². The van der Waals surface area contributed by atoms with Gasteiger partial charge in [0.15, 0.2) is 11.6 Å². The van der Waals surface area contributed by atoms with E-state index in [0.29, 0.717) is 0 Å². The predicted octanol–water partition coefficient (Wildman–Crippen LogP) is 5.04. The molecule has 0 saturated carbocycles. The molecule has 0 aliphatic carbocycles. The van der Waals surface area contributed by atoms with E-state index in [1.807, 2.05) is 0 Å². The third kappa shape index (κ3) is 4.24. The molecule has 1 aliphatic rings. The Morgan fingerprint density at radius 1 is 1.43 bits per heavy atom. The van der Waals surface area contributed by atoms with Gasteiger partial charge >= 0.3 is 0 Å². The lowest BCUT2D eigenvalue weighted by Gasteiger charge is -2.22. The van der Waals surface area contributed by atoms with E-state index in [2.05, 4.69) is 15.4 Å². The van der Waals surface area contributed by atoms with Crippen LogP contribution in [0.4, 0.5) is 10.2 Å². The van der Waals surface area contributed by atoms with Crippen LogP contribution in [0.25, 0.3) is 11.1 Å². The molecule has 2 aromatic heterocycles. The summed E-state index contributed by atoms with van der Waals surface area (Å²) in [5.74, 6) is -1.51. The summed E-state index contributed by atoms with van der Waals surface area (Å²) >= 11 is 12.2. The van der Waals surface area contributed by atoms with Crippen LogP contribution in [-0.2, 0) is 0 Å². The van der Waals surface area contributed by atoms with Crippen LogP contribution in [0.5, 0.6) is 5.75 Å². The Morgan fingerprint density at radius 2 is 2.30 bits per heavy atom. The SMILES string of the molecule is [2H]c1nc(N)c(O[C@@H](c2c(Cl)ccc(F)c2Cl)C([2H])([2H])[2H])cc1-c1cnn(C2CC([2H])([2H])NC([2H])([2H])C2[2H])c1. The summed E-state index contributed by atoms with van der Waals surface area (Å²) in [7, 11) is 0. The number of hydrogen-bond donors (Lipinski definition) is 2. The molecular weight excluding hydrogens is 428 g/mol. The van der Waals surface area contributed by atoms with Crippen molar-refractivity contribution in [1.29, 1.82) is 0 Å². The summed E-state index contributed by atoms with van der Waals surface area (Å²) < 4.78 is 93.4. The van der Waals surface area contributed by atoms with Crippen molar-refractivity contribution in [1.82, 2.24) is 20.1 Å². The number of nitrogens with one attached hydrogen (secondary N) is 1. The molecule has 1 fully saturated rings. The van der Waals surface area contributed by atoms with Crippen LogP contribution in [0.1, 0.15) is 49.7 Å². The van der Waals surface area contributed by atoms with E-state index in [1.165, 1.54) is 23.1 Å². The molecule has 0 spiro atoms. The van der Waals surface area contributed by atoms with Gasteiger partial charge in [-0.3, -0.25) is 4.68 Å². The normalized spacial score (nSPS) is 28.3. The van der Waals surface area contributed by atoms with Crippen molar-refractivity contribution in [2.24, 2.45) is 0 Å². The number of anilines is 1. The highest BCUT2D eigenvalue weighted by atomic mass is 35.5. The molecule has 9 heteroatoms. The van der Waals surface area contributed by atoms with Gasteiger partial charge in [-0.15, -0.1) is 0 Å². The molecule has 1 aliphatic heterocycles. The van der Waals surface area contributed by atoms with Crippen molar-refractivity contribution in [3.05, 3.63) is 58.2 Å². The molecule has 158 valence electrons. The van der Waals surface area contributed by atoms with Gasteiger partial charge in [-0.05, 0) is 50.9 Å². The summed E-state index contributed by atoms with van der Waals surface area (Å²) in [5, 5.41) is 5.64. The number of nitrogen functional groups attached to an aromatic ring is 1. The average Bonchev–Trinajstić information content (AvgIpc) is 3.28. The number of aromatic nitrogens is 3. The van der Waals surface area contributed by atoms with Crippen LogP contribution in [0.15, 0.2) is 36.8 Å². The molecule has 2 unspecified atom stereocenters. The zero-order valence-electron chi connectivity index (χ0n) is 24.3. The van der Waals surface area contributed by atoms with E-state index in [4.69, 9.17) is 46.0 Å². The molecule has 0 amide bonds. The largest absolute Gasteiger partial charge is 0.482 e. The summed E-state index contributed by atoms with van der Waals surface area (Å²) in [6, 6.07) is 2.37. The Morgan fingerprint density at radius 3 is 3.13 bits per heavy atom. The summed E-state index contributed by atoms with van der Waals surface area (Å²) in [6.45, 7) is -7.33. The van der Waals surface area contributed by atoms with Gasteiger partial charge in [-0.25, -0.2) is 9.37 Å². The Balaban J connectivity index is 1.73. The first-order chi connectivity index (χ1) is 17.9. The standard InChI is InChI=1S/C21H22Cl2FN5O/c1-12(19-16(22)2-3-17(24)20(19)23)30-18-8-13(9-27-21(18)25)14-10-28-29(11-14)15-4-6-26-7-5-15/h2-3,8-12,15,26H,4-7H2,1H3,(H2,25,27)/t12-/m1/s1/i1D3,4D,6D2,7D2,9D/t4?,12-,15?. The molecule has 3 N–H and O–H groups in total. The van der Waals surface area contributed by atoms with E-state index >= 15 is 0 Å². The molecule has 1 saturated heterocycles. The molecule has 0 bridgehead atoms. The summed E-state index contributed by atoms with van der Waals surface area (Å²) in [4.78, 5) is 3.92. The van der Waals surface area contributed by atoms with E-state index in [0.717, 1.165) is 12.1 Å². The van der Waals surface area contributed by atoms with Gasteiger partial charge < -0.3 is 15.8 Å². The topological polar surface area (TPSA) is 78.0 Å². The minimum absolute atomic E-state index is 0.0904. The van der Waals surface area contributed by atoms with Crippen LogP contribution in [-0.4, -0.2) is 27.8 Å². The number of nitrogens with zero attached hydrogens (tertiary/aromatic N) is 3. The summed E-state index contributed by atoms with van der Waals surface area (Å²) in [5.41, 5.74) is 5.96. The first-order valence-corrected chi connectivity index (χ1v) is 9.50. The van der Waals surface area contributed by atoms with Crippen LogP contribution in [0, 0.1) is 5.82 Å². The third-order valence-electron chi connectivity index (χ3n) is 4.41. The maximum Gasteiger partial charge on any atom is 0.166 e. The minimum atomic E-state index is -2.88. The van der Waals surface area contributed by atoms with Crippen LogP contribution in [0.2, 0.25) is 10.0 Å². The van der Waals surface area contributed by atoms with E-state index in [9.17, 15) is 4.39 Å². The van der Waals surface area contributed by atoms with Gasteiger partial charge in [0.25, 0.3) is 0 Å². The fourth-order valence-corrected chi connectivity index (χ4v) is 3.42. The van der Waals surface area contributed by atoms with E-state index in [-0.39, 0.29) is 45.9 Å². The number of ether oxygens (including phenoxy) is 1. The van der Waals surface area contributed by atoms with E-state index < -0.39 is 49.2 Å². The highest BCUT2D eigenvalue weighted by molar-refractivity contribution is 6.36. The summed E-state index contributed by atoms with van der Waals surface area (Å²) in [6.07, 6.45) is -1.15. The number of rotatable bonds is 5. The quantitative estimate of drug-likeness (QED) is 0.523. The van der Waals surface area contributed by atoms with Crippen molar-refractivity contribution >= 4 is 29.0 Å². The maximum absolute atomic E-state index is 14.2. The maximum atomic E-state index is 14.2. The molecule has 1 aromatic carbocycles. The number of nitrogens with two attached hydrogens (primary N) is 1. The van der Waals surface area contributed by atoms with Gasteiger partial charge in [-0.1, -0.05) is 23.2 Å². The zero-order chi connectivity index (χ0) is 29.1. The second-order valence-electron chi connectivity index (χ2n) is 6.38.